The summed E-state index contributed by atoms with van der Waals surface area (Å²) in [5, 5.41) is 5.67. The molecule has 68 valence electrons. The van der Waals surface area contributed by atoms with Crippen LogP contribution in [0.2, 0.25) is 0 Å². The van der Waals surface area contributed by atoms with Crippen LogP contribution >= 0.6 is 0 Å². The zero-order valence-corrected chi connectivity index (χ0v) is 7.77. The topological polar surface area (TPSA) is 24.8 Å². The highest BCUT2D eigenvalue weighted by molar-refractivity contribution is 5.88. The maximum Gasteiger partial charge on any atom is 0.114 e. The van der Waals surface area contributed by atoms with E-state index in [2.05, 4.69) is 17.3 Å². The van der Waals surface area contributed by atoms with E-state index >= 15 is 0 Å². The molecule has 0 aromatic heterocycles. The zero-order chi connectivity index (χ0) is 9.26. The summed E-state index contributed by atoms with van der Waals surface area (Å²) >= 11 is 0. The Morgan fingerprint density at radius 3 is 2.54 bits per heavy atom. The average molecular weight is 176 g/mol. The van der Waals surface area contributed by atoms with Gasteiger partial charge in [0.1, 0.15) is 6.04 Å². The zero-order valence-electron chi connectivity index (χ0n) is 7.77. The summed E-state index contributed by atoms with van der Waals surface area (Å²) in [6.45, 7) is 1.97. The van der Waals surface area contributed by atoms with Crippen molar-refractivity contribution in [3.05, 3.63) is 35.9 Å². The highest BCUT2D eigenvalue weighted by Crippen LogP contribution is 2.25. The summed E-state index contributed by atoms with van der Waals surface area (Å²) in [6.07, 6.45) is 0. The van der Waals surface area contributed by atoms with E-state index in [1.165, 1.54) is 5.56 Å². The fourth-order valence-corrected chi connectivity index (χ4v) is 1.58. The molecule has 0 fully saturated rings. The smallest absolute Gasteiger partial charge is 0.114 e. The quantitative estimate of drug-likeness (QED) is 0.653. The first-order valence-corrected chi connectivity index (χ1v) is 4.28. The molecule has 0 saturated carbocycles. The lowest BCUT2D eigenvalue weighted by Gasteiger charge is -2.16. The molecule has 1 aromatic rings. The highest BCUT2D eigenvalue weighted by Gasteiger charge is 2.26. The molecule has 3 heteroatoms. The van der Waals surface area contributed by atoms with Crippen molar-refractivity contribution in [3.63, 3.8) is 0 Å². The van der Waals surface area contributed by atoms with Crippen molar-refractivity contribution in [2.24, 2.45) is 5.16 Å². The van der Waals surface area contributed by atoms with Gasteiger partial charge in [0.05, 0.1) is 5.71 Å². The summed E-state index contributed by atoms with van der Waals surface area (Å²) in [5.74, 6) is 0. The van der Waals surface area contributed by atoms with Gasteiger partial charge in [0.15, 0.2) is 0 Å². The minimum atomic E-state index is 0.168. The summed E-state index contributed by atoms with van der Waals surface area (Å²) < 4.78 is 0. The van der Waals surface area contributed by atoms with Gasteiger partial charge in [0.2, 0.25) is 0 Å². The summed E-state index contributed by atoms with van der Waals surface area (Å²) in [5.41, 5.74) is 2.21. The lowest BCUT2D eigenvalue weighted by atomic mass is 10.0. The summed E-state index contributed by atoms with van der Waals surface area (Å²) in [4.78, 5) is 5.05. The van der Waals surface area contributed by atoms with Gasteiger partial charge in [-0.2, -0.15) is 0 Å². The van der Waals surface area contributed by atoms with Crippen LogP contribution in [0.4, 0.5) is 0 Å². The van der Waals surface area contributed by atoms with Gasteiger partial charge in [0.25, 0.3) is 0 Å². The Morgan fingerprint density at radius 2 is 2.00 bits per heavy atom. The minimum absolute atomic E-state index is 0.168. The van der Waals surface area contributed by atoms with E-state index < -0.39 is 0 Å². The Hall–Kier alpha value is -1.35. The van der Waals surface area contributed by atoms with Crippen molar-refractivity contribution in [2.45, 2.75) is 13.0 Å². The van der Waals surface area contributed by atoms with Crippen LogP contribution in [0.3, 0.4) is 0 Å². The maximum absolute atomic E-state index is 5.05. The molecular weight excluding hydrogens is 164 g/mol. The highest BCUT2D eigenvalue weighted by atomic mass is 16.8. The van der Waals surface area contributed by atoms with Crippen LogP contribution in [-0.4, -0.2) is 17.8 Å². The Labute approximate surface area is 77.6 Å². The number of benzene rings is 1. The van der Waals surface area contributed by atoms with Crippen LogP contribution in [-0.2, 0) is 4.94 Å². The van der Waals surface area contributed by atoms with Crippen LogP contribution in [0.5, 0.6) is 0 Å². The van der Waals surface area contributed by atoms with E-state index in [-0.39, 0.29) is 6.04 Å². The molecule has 0 aliphatic carbocycles. The van der Waals surface area contributed by atoms with Crippen LogP contribution in [0.15, 0.2) is 35.5 Å². The second-order valence-electron chi connectivity index (χ2n) is 3.17. The third kappa shape index (κ3) is 1.42. The standard InChI is InChI=1S/C10H12N2O/c1-8-10(12(2)13-11-8)9-6-4-3-5-7-9/h3-7,10H,1-2H3. The molecule has 1 heterocycles. The Balaban J connectivity index is 2.31. The third-order valence-electron chi connectivity index (χ3n) is 2.19. The first-order chi connectivity index (χ1) is 6.29. The fourth-order valence-electron chi connectivity index (χ4n) is 1.58. The lowest BCUT2D eigenvalue weighted by molar-refractivity contribution is -0.132. The van der Waals surface area contributed by atoms with Gasteiger partial charge in [-0.1, -0.05) is 35.5 Å². The molecule has 1 aliphatic rings. The van der Waals surface area contributed by atoms with Crippen molar-refractivity contribution >= 4 is 5.71 Å². The number of rotatable bonds is 1. The molecule has 0 bridgehead atoms. The molecule has 0 N–H and O–H groups in total. The van der Waals surface area contributed by atoms with Crippen molar-refractivity contribution in [1.82, 2.24) is 5.06 Å². The number of nitrogens with zero attached hydrogens (tertiary/aromatic N) is 2. The predicted molar refractivity (Wildman–Crippen MR) is 51.1 cm³/mol. The summed E-state index contributed by atoms with van der Waals surface area (Å²) in [7, 11) is 1.89. The number of oxime groups is 1. The molecule has 0 saturated heterocycles. The van der Waals surface area contributed by atoms with Gasteiger partial charge in [-0.05, 0) is 12.5 Å². The van der Waals surface area contributed by atoms with Crippen molar-refractivity contribution < 1.29 is 4.94 Å². The van der Waals surface area contributed by atoms with Gasteiger partial charge in [-0.15, -0.1) is 5.06 Å². The predicted octanol–water partition coefficient (Wildman–Crippen LogP) is 1.98. The molecule has 0 amide bonds. The monoisotopic (exact) mass is 176 g/mol. The third-order valence-corrected chi connectivity index (χ3v) is 2.19. The van der Waals surface area contributed by atoms with E-state index in [1.807, 2.05) is 32.2 Å². The van der Waals surface area contributed by atoms with Crippen molar-refractivity contribution in [1.29, 1.82) is 0 Å². The fraction of sp³-hybridized carbons (Fsp3) is 0.300. The van der Waals surface area contributed by atoms with Gasteiger partial charge in [-0.3, -0.25) is 4.94 Å². The molecule has 2 rings (SSSR count). The molecule has 1 unspecified atom stereocenters. The minimum Gasteiger partial charge on any atom is -0.296 e. The number of hydrogen-bond donors (Lipinski definition) is 0. The van der Waals surface area contributed by atoms with Gasteiger partial charge >= 0.3 is 0 Å². The van der Waals surface area contributed by atoms with Gasteiger partial charge < -0.3 is 0 Å². The number of hydrogen-bond acceptors (Lipinski definition) is 3. The van der Waals surface area contributed by atoms with Crippen LogP contribution < -0.4 is 0 Å². The lowest BCUT2D eigenvalue weighted by Crippen LogP contribution is -2.21. The maximum atomic E-state index is 5.05. The molecule has 13 heavy (non-hydrogen) atoms. The molecule has 1 atom stereocenters. The van der Waals surface area contributed by atoms with E-state index in [0.29, 0.717) is 0 Å². The second-order valence-corrected chi connectivity index (χ2v) is 3.17. The average Bonchev–Trinajstić information content (AvgIpc) is 2.48. The van der Waals surface area contributed by atoms with E-state index in [0.717, 1.165) is 5.71 Å². The largest absolute Gasteiger partial charge is 0.296 e. The Morgan fingerprint density at radius 1 is 1.31 bits per heavy atom. The molecule has 1 aliphatic heterocycles. The van der Waals surface area contributed by atoms with Gasteiger partial charge in [0, 0.05) is 7.05 Å². The molecule has 0 radical (unpaired) electrons. The molecule has 1 aromatic carbocycles. The summed E-state index contributed by atoms with van der Waals surface area (Å²) in [6, 6.07) is 10.4. The van der Waals surface area contributed by atoms with E-state index in [4.69, 9.17) is 4.94 Å². The molecular formula is C10H12N2O. The van der Waals surface area contributed by atoms with E-state index in [1.54, 1.807) is 5.06 Å². The van der Waals surface area contributed by atoms with E-state index in [9.17, 15) is 0 Å². The van der Waals surface area contributed by atoms with Crippen molar-refractivity contribution in [3.8, 4) is 0 Å². The molecule has 3 nitrogen and oxygen atoms in total. The Kier molecular flexibility index (Phi) is 2.02. The normalized spacial score (nSPS) is 22.6. The van der Waals surface area contributed by atoms with Crippen LogP contribution in [0.1, 0.15) is 18.5 Å². The van der Waals surface area contributed by atoms with Crippen LogP contribution in [0, 0.1) is 0 Å². The Bertz CT molecular complexity index is 321. The number of hydroxylamine groups is 2. The second kappa shape index (κ2) is 3.18. The first-order valence-electron chi connectivity index (χ1n) is 4.28. The molecule has 0 spiro atoms. The first kappa shape index (κ1) is 8.26. The van der Waals surface area contributed by atoms with Crippen molar-refractivity contribution in [2.75, 3.05) is 7.05 Å². The SMILES string of the molecule is CC1=NON(C)C1c1ccccc1. The van der Waals surface area contributed by atoms with Gasteiger partial charge in [-0.25, -0.2) is 0 Å². The van der Waals surface area contributed by atoms with Crippen LogP contribution in [0.25, 0.3) is 0 Å².